The largest absolute Gasteiger partial charge is 0.497 e. The minimum Gasteiger partial charge on any atom is -0.497 e. The van der Waals surface area contributed by atoms with Gasteiger partial charge in [-0.25, -0.2) is 4.79 Å². The van der Waals surface area contributed by atoms with Gasteiger partial charge in [0.15, 0.2) is 17.6 Å². The van der Waals surface area contributed by atoms with Crippen molar-refractivity contribution in [3.8, 4) is 17.2 Å². The van der Waals surface area contributed by atoms with E-state index in [4.69, 9.17) is 18.9 Å². The van der Waals surface area contributed by atoms with Gasteiger partial charge >= 0.3 is 5.97 Å². The molecule has 1 N–H and O–H groups in total. The Labute approximate surface area is 156 Å². The lowest BCUT2D eigenvalue weighted by Gasteiger charge is -2.13. The molecule has 0 saturated carbocycles. The van der Waals surface area contributed by atoms with E-state index in [9.17, 15) is 9.59 Å². The molecule has 2 aromatic rings. The SMILES string of the molecule is COc1cccc(NC(=O)[C@H](C)OC(=O)/C=C/c2ccc3c(c2)OCO3)c1. The maximum absolute atomic E-state index is 12.2. The molecule has 1 atom stereocenters. The summed E-state index contributed by atoms with van der Waals surface area (Å²) in [5.74, 6) is 0.840. The summed E-state index contributed by atoms with van der Waals surface area (Å²) >= 11 is 0. The van der Waals surface area contributed by atoms with Crippen molar-refractivity contribution >= 4 is 23.6 Å². The quantitative estimate of drug-likeness (QED) is 0.623. The normalized spacial score (nSPS) is 13.3. The zero-order valence-corrected chi connectivity index (χ0v) is 14.9. The van der Waals surface area contributed by atoms with Gasteiger partial charge in [-0.15, -0.1) is 0 Å². The van der Waals surface area contributed by atoms with Crippen LogP contribution in [-0.4, -0.2) is 31.9 Å². The van der Waals surface area contributed by atoms with Crippen LogP contribution in [0, 0.1) is 0 Å². The highest BCUT2D eigenvalue weighted by Gasteiger charge is 2.17. The summed E-state index contributed by atoms with van der Waals surface area (Å²) in [6.07, 6.45) is 1.88. The zero-order chi connectivity index (χ0) is 19.2. The first-order chi connectivity index (χ1) is 13.0. The highest BCUT2D eigenvalue weighted by Crippen LogP contribution is 2.32. The fourth-order valence-electron chi connectivity index (χ4n) is 2.39. The molecule has 0 aromatic heterocycles. The maximum Gasteiger partial charge on any atom is 0.331 e. The van der Waals surface area contributed by atoms with Gasteiger partial charge in [0.1, 0.15) is 5.75 Å². The number of benzene rings is 2. The van der Waals surface area contributed by atoms with Crippen LogP contribution in [-0.2, 0) is 14.3 Å². The predicted molar refractivity (Wildman–Crippen MR) is 98.8 cm³/mol. The molecule has 2 aromatic carbocycles. The van der Waals surface area contributed by atoms with Crippen molar-refractivity contribution in [1.29, 1.82) is 0 Å². The van der Waals surface area contributed by atoms with Crippen molar-refractivity contribution in [1.82, 2.24) is 0 Å². The molecule has 1 aliphatic heterocycles. The number of carbonyl (C=O) groups excluding carboxylic acids is 2. The van der Waals surface area contributed by atoms with E-state index in [0.29, 0.717) is 22.9 Å². The topological polar surface area (TPSA) is 83.1 Å². The summed E-state index contributed by atoms with van der Waals surface area (Å²) in [5.41, 5.74) is 1.31. The standard InChI is InChI=1S/C20H19NO6/c1-13(20(23)21-15-4-3-5-16(11-15)24-2)27-19(22)9-7-14-6-8-17-18(10-14)26-12-25-17/h3-11,13H,12H2,1-2H3,(H,21,23)/b9-7+/t13-/m0/s1. The van der Waals surface area contributed by atoms with Crippen LogP contribution >= 0.6 is 0 Å². The highest BCUT2D eigenvalue weighted by atomic mass is 16.7. The van der Waals surface area contributed by atoms with E-state index in [-0.39, 0.29) is 6.79 Å². The third-order valence-corrected chi connectivity index (χ3v) is 3.81. The van der Waals surface area contributed by atoms with Gasteiger partial charge in [0.2, 0.25) is 6.79 Å². The van der Waals surface area contributed by atoms with Gasteiger partial charge in [-0.2, -0.15) is 0 Å². The van der Waals surface area contributed by atoms with E-state index >= 15 is 0 Å². The van der Waals surface area contributed by atoms with Crippen LogP contribution < -0.4 is 19.5 Å². The Kier molecular flexibility index (Phi) is 5.61. The van der Waals surface area contributed by atoms with E-state index in [2.05, 4.69) is 5.32 Å². The van der Waals surface area contributed by atoms with Crippen LogP contribution in [0.1, 0.15) is 12.5 Å². The summed E-state index contributed by atoms with van der Waals surface area (Å²) < 4.78 is 20.7. The van der Waals surface area contributed by atoms with Gasteiger partial charge in [-0.05, 0) is 42.8 Å². The van der Waals surface area contributed by atoms with Crippen molar-refractivity contribution in [3.63, 3.8) is 0 Å². The number of methoxy groups -OCH3 is 1. The van der Waals surface area contributed by atoms with Crippen LogP contribution in [0.15, 0.2) is 48.5 Å². The van der Waals surface area contributed by atoms with Crippen LogP contribution in [0.2, 0.25) is 0 Å². The van der Waals surface area contributed by atoms with Gasteiger partial charge < -0.3 is 24.3 Å². The molecule has 1 heterocycles. The average molecular weight is 369 g/mol. The molecule has 3 rings (SSSR count). The lowest BCUT2D eigenvalue weighted by molar-refractivity contribution is -0.148. The zero-order valence-electron chi connectivity index (χ0n) is 14.9. The van der Waals surface area contributed by atoms with E-state index in [1.165, 1.54) is 20.1 Å². The van der Waals surface area contributed by atoms with Gasteiger partial charge in [-0.1, -0.05) is 12.1 Å². The summed E-state index contributed by atoms with van der Waals surface area (Å²) in [4.78, 5) is 24.1. The van der Waals surface area contributed by atoms with Gasteiger partial charge in [0.05, 0.1) is 7.11 Å². The Morgan fingerprint density at radius 1 is 1.15 bits per heavy atom. The van der Waals surface area contributed by atoms with E-state index in [0.717, 1.165) is 5.56 Å². The van der Waals surface area contributed by atoms with Crippen LogP contribution in [0.5, 0.6) is 17.2 Å². The average Bonchev–Trinajstić information content (AvgIpc) is 3.14. The van der Waals surface area contributed by atoms with Crippen LogP contribution in [0.25, 0.3) is 6.08 Å². The molecule has 7 heteroatoms. The van der Waals surface area contributed by atoms with Crippen molar-refractivity contribution in [2.24, 2.45) is 0 Å². The first-order valence-corrected chi connectivity index (χ1v) is 8.28. The Balaban J connectivity index is 1.54. The minimum absolute atomic E-state index is 0.185. The summed E-state index contributed by atoms with van der Waals surface area (Å²) in [7, 11) is 1.54. The monoisotopic (exact) mass is 369 g/mol. The maximum atomic E-state index is 12.2. The molecular formula is C20H19NO6. The van der Waals surface area contributed by atoms with E-state index < -0.39 is 18.0 Å². The van der Waals surface area contributed by atoms with Gasteiger partial charge in [0.25, 0.3) is 5.91 Å². The van der Waals surface area contributed by atoms with Crippen molar-refractivity contribution in [3.05, 3.63) is 54.1 Å². The summed E-state index contributed by atoms with van der Waals surface area (Å²) in [5, 5.41) is 2.67. The second-order valence-corrected chi connectivity index (χ2v) is 5.75. The molecule has 140 valence electrons. The lowest BCUT2D eigenvalue weighted by Crippen LogP contribution is -2.29. The number of anilines is 1. The van der Waals surface area contributed by atoms with Crippen molar-refractivity contribution in [2.45, 2.75) is 13.0 Å². The lowest BCUT2D eigenvalue weighted by atomic mass is 10.2. The third-order valence-electron chi connectivity index (χ3n) is 3.81. The Morgan fingerprint density at radius 3 is 2.78 bits per heavy atom. The Bertz CT molecular complexity index is 877. The molecule has 27 heavy (non-hydrogen) atoms. The molecule has 0 saturated heterocycles. The fraction of sp³-hybridized carbons (Fsp3) is 0.200. The molecule has 1 amide bonds. The number of hydrogen-bond donors (Lipinski definition) is 1. The number of amides is 1. The Hall–Kier alpha value is -3.48. The predicted octanol–water partition coefficient (Wildman–Crippen LogP) is 3.01. The van der Waals surface area contributed by atoms with Crippen molar-refractivity contribution in [2.75, 3.05) is 19.2 Å². The van der Waals surface area contributed by atoms with Crippen molar-refractivity contribution < 1.29 is 28.5 Å². The highest BCUT2D eigenvalue weighted by molar-refractivity contribution is 5.96. The Morgan fingerprint density at radius 2 is 1.96 bits per heavy atom. The molecule has 0 radical (unpaired) electrons. The second-order valence-electron chi connectivity index (χ2n) is 5.75. The van der Waals surface area contributed by atoms with Crippen LogP contribution in [0.3, 0.4) is 0 Å². The molecule has 0 aliphatic carbocycles. The third kappa shape index (κ3) is 4.78. The number of fused-ring (bicyclic) bond motifs is 1. The number of nitrogens with one attached hydrogen (secondary N) is 1. The molecule has 0 bridgehead atoms. The summed E-state index contributed by atoms with van der Waals surface area (Å²) in [6.45, 7) is 1.69. The summed E-state index contributed by atoms with van der Waals surface area (Å²) in [6, 6.07) is 12.2. The van der Waals surface area contributed by atoms with Gasteiger partial charge in [-0.3, -0.25) is 4.79 Å². The molecule has 0 spiro atoms. The number of rotatable bonds is 6. The molecule has 7 nitrogen and oxygen atoms in total. The molecule has 1 aliphatic rings. The van der Waals surface area contributed by atoms with E-state index in [1.807, 2.05) is 0 Å². The fourth-order valence-corrected chi connectivity index (χ4v) is 2.39. The van der Waals surface area contributed by atoms with Gasteiger partial charge in [0, 0.05) is 17.8 Å². The smallest absolute Gasteiger partial charge is 0.331 e. The molecule has 0 fully saturated rings. The van der Waals surface area contributed by atoms with E-state index in [1.54, 1.807) is 48.5 Å². The van der Waals surface area contributed by atoms with Crippen LogP contribution in [0.4, 0.5) is 5.69 Å². The molecular weight excluding hydrogens is 350 g/mol. The number of carbonyl (C=O) groups is 2. The molecule has 0 unspecified atom stereocenters. The first kappa shape index (κ1) is 18.3. The second kappa shape index (κ2) is 8.27. The number of ether oxygens (including phenoxy) is 4. The minimum atomic E-state index is -0.954. The number of hydrogen-bond acceptors (Lipinski definition) is 6. The number of esters is 1. The first-order valence-electron chi connectivity index (χ1n) is 8.28.